The van der Waals surface area contributed by atoms with Crippen molar-refractivity contribution in [3.8, 4) is 0 Å². The van der Waals surface area contributed by atoms with Gasteiger partial charge in [-0.05, 0) is 6.42 Å². The van der Waals surface area contributed by atoms with E-state index >= 15 is 0 Å². The van der Waals surface area contributed by atoms with E-state index in [0.29, 0.717) is 0 Å². The number of rotatable bonds is 9. The van der Waals surface area contributed by atoms with Crippen molar-refractivity contribution in [2.75, 3.05) is 25.5 Å². The molecule has 0 spiro atoms. The molecule has 4 heterocycles. The molecule has 2 aliphatic heterocycles. The van der Waals surface area contributed by atoms with E-state index in [0.717, 1.165) is 0 Å². The van der Waals surface area contributed by atoms with Gasteiger partial charge in [0.25, 0.3) is 0 Å². The number of ether oxygens (including phenoxy) is 1. The fourth-order valence-corrected chi connectivity index (χ4v) is 5.73. The molecular formula is C15H24N6O11P2. The molecule has 2 saturated heterocycles. The third kappa shape index (κ3) is 5.62. The molecule has 0 amide bonds. The van der Waals surface area contributed by atoms with Crippen molar-refractivity contribution in [3.63, 3.8) is 0 Å². The van der Waals surface area contributed by atoms with Crippen LogP contribution in [0.2, 0.25) is 0 Å². The number of aromatic nitrogens is 4. The SMILES string of the molecule is Nc1ncnc2c1ncn2[C@@H]1O[C@H](COP(=O)(O)OP(=O)(O)OC[C@@H]2C[C@@H](O)CN2)[C@@H](O)[C@H]1O. The zero-order valence-corrected chi connectivity index (χ0v) is 19.2. The first-order chi connectivity index (χ1) is 16.0. The predicted molar refractivity (Wildman–Crippen MR) is 111 cm³/mol. The van der Waals surface area contributed by atoms with Crippen LogP contribution in [0.25, 0.3) is 11.2 Å². The minimum absolute atomic E-state index is 0.0885. The molecule has 0 radical (unpaired) electrons. The molecule has 4 rings (SSSR count). The summed E-state index contributed by atoms with van der Waals surface area (Å²) in [4.78, 5) is 31.4. The van der Waals surface area contributed by atoms with E-state index in [-0.39, 0.29) is 36.6 Å². The second-order valence-corrected chi connectivity index (χ2v) is 10.8. The standard InChI is InChI=1S/C15H24N6O11P2/c16-13-10-14(19-5-18-13)21(6-20-10)15-12(24)11(23)9(31-15)4-30-34(27,28)32-33(25,26)29-3-7-1-8(22)2-17-7/h5-9,11-12,15,17,22-24H,1-4H2,(H,25,26)(H,27,28)(H2,16,18,19)/t7-,8+,9+,11+,12+,15+/m0/s1. The van der Waals surface area contributed by atoms with Crippen molar-refractivity contribution in [1.82, 2.24) is 24.8 Å². The highest BCUT2D eigenvalue weighted by Crippen LogP contribution is 2.60. The first-order valence-electron chi connectivity index (χ1n) is 9.98. The van der Waals surface area contributed by atoms with Crippen molar-refractivity contribution < 1.29 is 52.3 Å². The summed E-state index contributed by atoms with van der Waals surface area (Å²) in [6.07, 6.45) is -3.56. The highest BCUT2D eigenvalue weighted by molar-refractivity contribution is 7.61. The second kappa shape index (κ2) is 9.81. The first-order valence-corrected chi connectivity index (χ1v) is 13.0. The quantitative estimate of drug-likeness (QED) is 0.174. The number of hydrogen-bond acceptors (Lipinski definition) is 14. The smallest absolute Gasteiger partial charge is 0.392 e. The fraction of sp³-hybridized carbons (Fsp3) is 0.667. The number of anilines is 1. The van der Waals surface area contributed by atoms with E-state index in [9.17, 15) is 34.2 Å². The Balaban J connectivity index is 1.34. The lowest BCUT2D eigenvalue weighted by Gasteiger charge is -2.20. The number of nitrogens with two attached hydrogens (primary N) is 1. The lowest BCUT2D eigenvalue weighted by molar-refractivity contribution is -0.0504. The molecule has 34 heavy (non-hydrogen) atoms. The van der Waals surface area contributed by atoms with Crippen molar-refractivity contribution >= 4 is 32.6 Å². The van der Waals surface area contributed by atoms with Gasteiger partial charge in [-0.2, -0.15) is 4.31 Å². The summed E-state index contributed by atoms with van der Waals surface area (Å²) >= 11 is 0. The van der Waals surface area contributed by atoms with Crippen LogP contribution in [0.1, 0.15) is 12.6 Å². The maximum Gasteiger partial charge on any atom is 0.481 e. The molecule has 2 unspecified atom stereocenters. The van der Waals surface area contributed by atoms with Crippen molar-refractivity contribution in [1.29, 1.82) is 0 Å². The summed E-state index contributed by atoms with van der Waals surface area (Å²) in [6.45, 7) is -0.878. The van der Waals surface area contributed by atoms with Crippen molar-refractivity contribution in [2.24, 2.45) is 0 Å². The molecule has 2 aromatic heterocycles. The van der Waals surface area contributed by atoms with Gasteiger partial charge < -0.3 is 40.9 Å². The summed E-state index contributed by atoms with van der Waals surface area (Å²) in [5.41, 5.74) is 6.18. The highest BCUT2D eigenvalue weighted by atomic mass is 31.3. The summed E-state index contributed by atoms with van der Waals surface area (Å²) in [5.74, 6) is 0.0885. The summed E-state index contributed by atoms with van der Waals surface area (Å²) in [6, 6.07) is -0.446. The summed E-state index contributed by atoms with van der Waals surface area (Å²) < 4.78 is 44.6. The highest BCUT2D eigenvalue weighted by Gasteiger charge is 2.46. The average Bonchev–Trinajstić information content (AvgIpc) is 3.44. The molecule has 8 atom stereocenters. The zero-order chi connectivity index (χ0) is 24.7. The lowest BCUT2D eigenvalue weighted by atomic mass is 10.1. The molecule has 0 aromatic carbocycles. The number of phosphoric ester groups is 2. The zero-order valence-electron chi connectivity index (χ0n) is 17.4. The van der Waals surface area contributed by atoms with Gasteiger partial charge in [0.2, 0.25) is 0 Å². The number of hydrogen-bond donors (Lipinski definition) is 7. The Kier molecular flexibility index (Phi) is 7.36. The molecule has 19 heteroatoms. The molecular weight excluding hydrogens is 502 g/mol. The predicted octanol–water partition coefficient (Wildman–Crippen LogP) is -2.00. The van der Waals surface area contributed by atoms with Crippen LogP contribution in [0.4, 0.5) is 5.82 Å². The minimum atomic E-state index is -5.15. The van der Waals surface area contributed by atoms with E-state index in [1.807, 2.05) is 0 Å². The number of imidazole rings is 1. The van der Waals surface area contributed by atoms with Gasteiger partial charge in [-0.15, -0.1) is 0 Å². The van der Waals surface area contributed by atoms with Crippen LogP contribution in [-0.4, -0.2) is 94.8 Å². The maximum absolute atomic E-state index is 12.1. The number of aliphatic hydroxyl groups excluding tert-OH is 3. The number of nitrogens with one attached hydrogen (secondary N) is 1. The third-order valence-corrected chi connectivity index (χ3v) is 7.85. The van der Waals surface area contributed by atoms with Gasteiger partial charge >= 0.3 is 15.6 Å². The summed E-state index contributed by atoms with van der Waals surface area (Å²) in [7, 11) is -10.2. The van der Waals surface area contributed by atoms with Crippen LogP contribution in [0, 0.1) is 0 Å². The van der Waals surface area contributed by atoms with Crippen LogP contribution in [0.15, 0.2) is 12.7 Å². The van der Waals surface area contributed by atoms with Crippen LogP contribution in [0.3, 0.4) is 0 Å². The number of nitrogens with zero attached hydrogens (tertiary/aromatic N) is 4. The van der Waals surface area contributed by atoms with Crippen LogP contribution in [0.5, 0.6) is 0 Å². The third-order valence-electron chi connectivity index (χ3n) is 5.24. The number of phosphoric acid groups is 2. The van der Waals surface area contributed by atoms with Gasteiger partial charge in [0.1, 0.15) is 30.2 Å². The van der Waals surface area contributed by atoms with Crippen LogP contribution < -0.4 is 11.1 Å². The largest absolute Gasteiger partial charge is 0.481 e. The number of nitrogen functional groups attached to an aromatic ring is 1. The van der Waals surface area contributed by atoms with E-state index in [1.54, 1.807) is 0 Å². The minimum Gasteiger partial charge on any atom is -0.392 e. The van der Waals surface area contributed by atoms with E-state index in [4.69, 9.17) is 10.5 Å². The molecule has 190 valence electrons. The molecule has 0 saturated carbocycles. The van der Waals surface area contributed by atoms with Gasteiger partial charge in [0.15, 0.2) is 17.7 Å². The number of fused-ring (bicyclic) bond motifs is 1. The van der Waals surface area contributed by atoms with Gasteiger partial charge in [-0.25, -0.2) is 24.1 Å². The Morgan fingerprint density at radius 3 is 2.50 bits per heavy atom. The number of β-amino-alcohol motifs (C(OH)–C–C–N with tert-alkyl or cyclic N) is 1. The Bertz CT molecular complexity index is 1120. The van der Waals surface area contributed by atoms with Crippen molar-refractivity contribution in [2.45, 2.75) is 43.1 Å². The normalized spacial score (nSPS) is 33.2. The molecule has 2 aromatic rings. The molecule has 2 aliphatic rings. The van der Waals surface area contributed by atoms with Gasteiger partial charge in [0.05, 0.1) is 25.6 Å². The molecule has 0 bridgehead atoms. The van der Waals surface area contributed by atoms with Gasteiger partial charge in [-0.1, -0.05) is 0 Å². The van der Waals surface area contributed by atoms with Crippen molar-refractivity contribution in [3.05, 3.63) is 12.7 Å². The van der Waals surface area contributed by atoms with Gasteiger partial charge in [0, 0.05) is 12.6 Å². The fourth-order valence-electron chi connectivity index (χ4n) is 3.61. The molecule has 8 N–H and O–H groups in total. The van der Waals surface area contributed by atoms with Crippen LogP contribution in [-0.2, 0) is 27.2 Å². The lowest BCUT2D eigenvalue weighted by Crippen LogP contribution is -2.33. The van der Waals surface area contributed by atoms with E-state index in [2.05, 4.69) is 33.6 Å². The Morgan fingerprint density at radius 1 is 1.12 bits per heavy atom. The Hall–Kier alpha value is -1.59. The first kappa shape index (κ1) is 25.5. The Labute approximate surface area is 191 Å². The molecule has 17 nitrogen and oxygen atoms in total. The summed E-state index contributed by atoms with van der Waals surface area (Å²) in [5, 5.41) is 32.9. The van der Waals surface area contributed by atoms with Crippen LogP contribution >= 0.6 is 15.6 Å². The van der Waals surface area contributed by atoms with E-state index in [1.165, 1.54) is 17.2 Å². The monoisotopic (exact) mass is 526 g/mol. The van der Waals surface area contributed by atoms with E-state index < -0.39 is 58.9 Å². The topological polar surface area (TPSA) is 254 Å². The molecule has 0 aliphatic carbocycles. The number of aliphatic hydroxyl groups is 3. The van der Waals surface area contributed by atoms with Gasteiger partial charge in [-0.3, -0.25) is 13.6 Å². The second-order valence-electron chi connectivity index (χ2n) is 7.73. The average molecular weight is 526 g/mol. The molecule has 2 fully saturated rings. The maximum atomic E-state index is 12.1. The Morgan fingerprint density at radius 2 is 1.82 bits per heavy atom.